The number of hydrogen-bond donors (Lipinski definition) is 0. The van der Waals surface area contributed by atoms with Gasteiger partial charge in [-0.2, -0.15) is 0 Å². The summed E-state index contributed by atoms with van der Waals surface area (Å²) in [6, 6.07) is 37.2. The van der Waals surface area contributed by atoms with Crippen LogP contribution in [0.1, 0.15) is 5.56 Å². The normalized spacial score (nSPS) is 14.0. The van der Waals surface area contributed by atoms with E-state index in [1.807, 2.05) is 0 Å². The van der Waals surface area contributed by atoms with Crippen molar-refractivity contribution in [1.82, 2.24) is 0 Å². The van der Waals surface area contributed by atoms with Crippen molar-refractivity contribution < 1.29 is 4.74 Å². The number of rotatable bonds is 2. The number of aryl methyl sites for hydroxylation is 1. The smallest absolute Gasteiger partial charge is 0.188 e. The molecule has 0 saturated heterocycles. The van der Waals surface area contributed by atoms with Crippen molar-refractivity contribution in [2.24, 2.45) is 0 Å². The van der Waals surface area contributed by atoms with Crippen LogP contribution in [0.15, 0.2) is 103 Å². The van der Waals surface area contributed by atoms with E-state index >= 15 is 0 Å². The Hall–Kier alpha value is -3.10. The molecule has 0 saturated carbocycles. The highest BCUT2D eigenvalue weighted by Gasteiger charge is 2.47. The molecule has 5 rings (SSSR count). The third-order valence-electron chi connectivity index (χ3n) is 5.47. The van der Waals surface area contributed by atoms with E-state index in [9.17, 15) is 0 Å². The summed E-state index contributed by atoms with van der Waals surface area (Å²) in [6.45, 7) is 2.12. The minimum absolute atomic E-state index is 0.981. The molecular weight excluding hydrogens is 344 g/mol. The van der Waals surface area contributed by atoms with Crippen LogP contribution in [0.2, 0.25) is 0 Å². The lowest BCUT2D eigenvalue weighted by atomic mass is 10.2. The van der Waals surface area contributed by atoms with E-state index in [1.165, 1.54) is 26.3 Å². The first kappa shape index (κ1) is 16.1. The molecule has 0 aliphatic carbocycles. The van der Waals surface area contributed by atoms with E-state index in [4.69, 9.17) is 4.74 Å². The van der Waals surface area contributed by atoms with Crippen molar-refractivity contribution in [2.45, 2.75) is 6.92 Å². The van der Waals surface area contributed by atoms with Crippen LogP contribution in [0.4, 0.5) is 0 Å². The minimum atomic E-state index is -2.42. The summed E-state index contributed by atoms with van der Waals surface area (Å²) in [5.41, 5.74) is 1.22. The zero-order valence-electron chi connectivity index (χ0n) is 15.2. The molecule has 0 spiro atoms. The van der Waals surface area contributed by atoms with Crippen LogP contribution in [0.25, 0.3) is 0 Å². The fraction of sp³-hybridized carbons (Fsp3) is 0.0400. The predicted octanol–water partition coefficient (Wildman–Crippen LogP) is 3.48. The SMILES string of the molecule is Cc1ccc2c(c1)Oc1ccccc1[Si]2(c1ccccc1)c1ccccc1. The molecular formula is C25H20OSi. The minimum Gasteiger partial charge on any atom is -0.458 e. The van der Waals surface area contributed by atoms with Gasteiger partial charge in [0.25, 0.3) is 0 Å². The second-order valence-corrected chi connectivity index (χ2v) is 10.8. The number of fused-ring (bicyclic) bond motifs is 2. The average Bonchev–Trinajstić information content (AvgIpc) is 2.73. The van der Waals surface area contributed by atoms with Gasteiger partial charge in [0.1, 0.15) is 11.5 Å². The molecule has 1 aliphatic rings. The van der Waals surface area contributed by atoms with Crippen LogP contribution in [-0.2, 0) is 0 Å². The van der Waals surface area contributed by atoms with Crippen LogP contribution >= 0.6 is 0 Å². The van der Waals surface area contributed by atoms with Crippen LogP contribution < -0.4 is 25.5 Å². The van der Waals surface area contributed by atoms with E-state index < -0.39 is 8.07 Å². The molecule has 4 aromatic rings. The summed E-state index contributed by atoms with van der Waals surface area (Å²) in [5.74, 6) is 1.98. The molecule has 0 fully saturated rings. The Morgan fingerprint density at radius 3 is 1.78 bits per heavy atom. The molecule has 130 valence electrons. The van der Waals surface area contributed by atoms with Gasteiger partial charge in [0, 0.05) is 0 Å². The molecule has 1 nitrogen and oxygen atoms in total. The average molecular weight is 365 g/mol. The second-order valence-electron chi connectivity index (χ2n) is 7.08. The Labute approximate surface area is 160 Å². The molecule has 0 amide bonds. The van der Waals surface area contributed by atoms with E-state index in [0.29, 0.717) is 0 Å². The third kappa shape index (κ3) is 2.37. The van der Waals surface area contributed by atoms with Crippen molar-refractivity contribution in [3.05, 3.63) is 109 Å². The first-order chi connectivity index (χ1) is 13.3. The summed E-state index contributed by atoms with van der Waals surface area (Å²) in [5, 5.41) is 5.41. The highest BCUT2D eigenvalue weighted by Crippen LogP contribution is 2.29. The fourth-order valence-corrected chi connectivity index (χ4v) is 9.25. The van der Waals surface area contributed by atoms with Gasteiger partial charge in [0.05, 0.1) is 0 Å². The topological polar surface area (TPSA) is 9.23 Å². The van der Waals surface area contributed by atoms with Gasteiger partial charge in [-0.25, -0.2) is 0 Å². The van der Waals surface area contributed by atoms with Gasteiger partial charge < -0.3 is 4.74 Å². The molecule has 2 heteroatoms. The maximum Gasteiger partial charge on any atom is 0.188 e. The molecule has 4 aromatic carbocycles. The Balaban J connectivity index is 1.97. The maximum absolute atomic E-state index is 6.39. The monoisotopic (exact) mass is 364 g/mol. The number of para-hydroxylation sites is 1. The molecule has 0 radical (unpaired) electrons. The molecule has 0 N–H and O–H groups in total. The first-order valence-corrected chi connectivity index (χ1v) is 11.3. The Morgan fingerprint density at radius 1 is 0.556 bits per heavy atom. The Kier molecular flexibility index (Phi) is 3.73. The maximum atomic E-state index is 6.39. The summed E-state index contributed by atoms with van der Waals surface area (Å²) >= 11 is 0. The first-order valence-electron chi connectivity index (χ1n) is 9.29. The molecule has 1 heterocycles. The van der Waals surface area contributed by atoms with E-state index in [0.717, 1.165) is 11.5 Å². The third-order valence-corrected chi connectivity index (χ3v) is 10.3. The summed E-state index contributed by atoms with van der Waals surface area (Å²) < 4.78 is 6.39. The zero-order chi connectivity index (χ0) is 18.3. The van der Waals surface area contributed by atoms with Gasteiger partial charge in [-0.15, -0.1) is 0 Å². The number of hydrogen-bond acceptors (Lipinski definition) is 1. The lowest BCUT2D eigenvalue weighted by Gasteiger charge is -2.39. The summed E-state index contributed by atoms with van der Waals surface area (Å²) in [4.78, 5) is 0. The van der Waals surface area contributed by atoms with Crippen LogP contribution in [-0.4, -0.2) is 8.07 Å². The van der Waals surface area contributed by atoms with Gasteiger partial charge in [0.15, 0.2) is 8.07 Å². The van der Waals surface area contributed by atoms with Gasteiger partial charge in [-0.1, -0.05) is 91.0 Å². The number of ether oxygens (including phenoxy) is 1. The van der Waals surface area contributed by atoms with Gasteiger partial charge in [0.2, 0.25) is 0 Å². The van der Waals surface area contributed by atoms with Crippen LogP contribution in [0, 0.1) is 6.92 Å². The van der Waals surface area contributed by atoms with Crippen molar-refractivity contribution in [2.75, 3.05) is 0 Å². The lowest BCUT2D eigenvalue weighted by Crippen LogP contribution is -2.76. The van der Waals surface area contributed by atoms with Crippen molar-refractivity contribution in [3.63, 3.8) is 0 Å². The summed E-state index contributed by atoms with van der Waals surface area (Å²) in [6.07, 6.45) is 0. The van der Waals surface area contributed by atoms with Crippen LogP contribution in [0.3, 0.4) is 0 Å². The van der Waals surface area contributed by atoms with Gasteiger partial charge in [-0.05, 0) is 45.4 Å². The largest absolute Gasteiger partial charge is 0.458 e. The highest BCUT2D eigenvalue weighted by molar-refractivity contribution is 7.20. The van der Waals surface area contributed by atoms with E-state index in [1.54, 1.807) is 0 Å². The second kappa shape index (κ2) is 6.25. The summed E-state index contributed by atoms with van der Waals surface area (Å²) in [7, 11) is -2.42. The van der Waals surface area contributed by atoms with Crippen molar-refractivity contribution in [1.29, 1.82) is 0 Å². The van der Waals surface area contributed by atoms with Crippen molar-refractivity contribution in [3.8, 4) is 11.5 Å². The molecule has 0 atom stereocenters. The molecule has 0 aromatic heterocycles. The molecule has 0 bridgehead atoms. The molecule has 1 aliphatic heterocycles. The van der Waals surface area contributed by atoms with E-state index in [2.05, 4.69) is 110 Å². The predicted molar refractivity (Wildman–Crippen MR) is 115 cm³/mol. The Morgan fingerprint density at radius 2 is 1.11 bits per heavy atom. The van der Waals surface area contributed by atoms with Gasteiger partial charge >= 0.3 is 0 Å². The standard InChI is InChI=1S/C25H20OSi/c1-19-16-17-25-23(18-19)26-22-14-8-9-15-24(22)27(25,20-10-4-2-5-11-20)21-12-6-3-7-13-21/h2-18H,1H3. The number of benzene rings is 4. The quantitative estimate of drug-likeness (QED) is 0.436. The lowest BCUT2D eigenvalue weighted by molar-refractivity contribution is 0.486. The van der Waals surface area contributed by atoms with Gasteiger partial charge in [-0.3, -0.25) is 0 Å². The molecule has 0 unspecified atom stereocenters. The highest BCUT2D eigenvalue weighted by atomic mass is 28.3. The molecule has 27 heavy (non-hydrogen) atoms. The van der Waals surface area contributed by atoms with Crippen LogP contribution in [0.5, 0.6) is 11.5 Å². The Bertz CT molecular complexity index is 1060. The fourth-order valence-electron chi connectivity index (χ4n) is 4.32. The van der Waals surface area contributed by atoms with Crippen molar-refractivity contribution >= 4 is 28.8 Å². The van der Waals surface area contributed by atoms with E-state index in [-0.39, 0.29) is 0 Å². The zero-order valence-corrected chi connectivity index (χ0v) is 16.2.